The van der Waals surface area contributed by atoms with Crippen LogP contribution in [0.5, 0.6) is 5.75 Å². The van der Waals surface area contributed by atoms with Crippen LogP contribution in [0.3, 0.4) is 0 Å². The van der Waals surface area contributed by atoms with E-state index in [1.807, 2.05) is 0 Å². The molecule has 2 aromatic carbocycles. The lowest BCUT2D eigenvalue weighted by atomic mass is 10.2. The number of ether oxygens (including phenoxy) is 1. The van der Waals surface area contributed by atoms with Gasteiger partial charge in [0.05, 0.1) is 29.0 Å². The van der Waals surface area contributed by atoms with E-state index in [4.69, 9.17) is 0 Å². The highest BCUT2D eigenvalue weighted by atomic mass is 16.6. The number of hydrogen-bond acceptors (Lipinski definition) is 8. The molecule has 0 saturated heterocycles. The number of aromatic hydroxyl groups is 1. The summed E-state index contributed by atoms with van der Waals surface area (Å²) >= 11 is 0. The highest BCUT2D eigenvalue weighted by molar-refractivity contribution is 5.89. The Morgan fingerprint density at radius 1 is 1.21 bits per heavy atom. The van der Waals surface area contributed by atoms with Crippen LogP contribution in [0, 0.1) is 17.0 Å². The van der Waals surface area contributed by atoms with Gasteiger partial charge in [-0.1, -0.05) is 0 Å². The lowest BCUT2D eigenvalue weighted by molar-refractivity contribution is -0.384. The Kier molecular flexibility index (Phi) is 5.21. The molecular weight excluding hydrogens is 382 g/mol. The standard InChI is InChI=1S/C18H15N5O6/c1-10-16(20-19-14-9-13(23(27)28)7-8-15(14)24)17(25)22(21-10)12-5-3-11(4-6-12)18(26)29-2/h3-9,21,24H,1-2H3. The van der Waals surface area contributed by atoms with E-state index in [0.717, 1.165) is 18.2 Å². The molecule has 0 saturated carbocycles. The molecule has 0 aliphatic rings. The van der Waals surface area contributed by atoms with Gasteiger partial charge in [0.15, 0.2) is 5.69 Å². The van der Waals surface area contributed by atoms with E-state index in [1.165, 1.54) is 23.9 Å². The van der Waals surface area contributed by atoms with E-state index in [0.29, 0.717) is 16.9 Å². The van der Waals surface area contributed by atoms with Crippen molar-refractivity contribution in [2.75, 3.05) is 7.11 Å². The van der Waals surface area contributed by atoms with Crippen LogP contribution in [0.1, 0.15) is 16.1 Å². The summed E-state index contributed by atoms with van der Waals surface area (Å²) in [5, 5.41) is 31.1. The minimum absolute atomic E-state index is 0.0343. The summed E-state index contributed by atoms with van der Waals surface area (Å²) in [6.45, 7) is 1.60. The summed E-state index contributed by atoms with van der Waals surface area (Å²) in [6, 6.07) is 9.41. The van der Waals surface area contributed by atoms with Crippen LogP contribution in [-0.4, -0.2) is 32.9 Å². The van der Waals surface area contributed by atoms with Crippen molar-refractivity contribution in [1.82, 2.24) is 9.78 Å². The van der Waals surface area contributed by atoms with Gasteiger partial charge in [0.25, 0.3) is 11.2 Å². The predicted octanol–water partition coefficient (Wildman–Crippen LogP) is 3.29. The van der Waals surface area contributed by atoms with Crippen molar-refractivity contribution >= 4 is 23.0 Å². The molecule has 0 aliphatic carbocycles. The van der Waals surface area contributed by atoms with Crippen LogP contribution in [0.4, 0.5) is 17.1 Å². The number of benzene rings is 2. The molecule has 29 heavy (non-hydrogen) atoms. The molecule has 0 amide bonds. The van der Waals surface area contributed by atoms with Crippen LogP contribution in [-0.2, 0) is 4.74 Å². The number of nitro groups is 1. The number of nitro benzene ring substituents is 1. The molecular formula is C18H15N5O6. The molecule has 11 nitrogen and oxygen atoms in total. The van der Waals surface area contributed by atoms with E-state index in [1.54, 1.807) is 19.1 Å². The van der Waals surface area contributed by atoms with Gasteiger partial charge >= 0.3 is 5.97 Å². The van der Waals surface area contributed by atoms with E-state index >= 15 is 0 Å². The molecule has 0 radical (unpaired) electrons. The number of carbonyl (C=O) groups excluding carboxylic acids is 1. The van der Waals surface area contributed by atoms with Gasteiger partial charge in [-0.3, -0.25) is 20.0 Å². The maximum absolute atomic E-state index is 12.7. The summed E-state index contributed by atoms with van der Waals surface area (Å²) in [4.78, 5) is 34.4. The SMILES string of the molecule is COC(=O)c1ccc(-n2[nH]c(C)c(N=Nc3cc([N+](=O)[O-])ccc3O)c2=O)cc1. The number of hydrogen-bond donors (Lipinski definition) is 2. The number of carbonyl (C=O) groups is 1. The summed E-state index contributed by atoms with van der Waals surface area (Å²) in [7, 11) is 1.27. The second-order valence-corrected chi connectivity index (χ2v) is 5.89. The molecule has 0 unspecified atom stereocenters. The number of esters is 1. The number of aromatic amines is 1. The Balaban J connectivity index is 1.95. The van der Waals surface area contributed by atoms with Crippen molar-refractivity contribution in [2.45, 2.75) is 6.92 Å². The van der Waals surface area contributed by atoms with Gasteiger partial charge in [-0.05, 0) is 37.3 Å². The fourth-order valence-corrected chi connectivity index (χ4v) is 2.51. The summed E-state index contributed by atoms with van der Waals surface area (Å²) < 4.78 is 5.84. The maximum atomic E-state index is 12.7. The Hall–Kier alpha value is -4.28. The minimum Gasteiger partial charge on any atom is -0.506 e. The second-order valence-electron chi connectivity index (χ2n) is 5.89. The zero-order valence-electron chi connectivity index (χ0n) is 15.3. The average Bonchev–Trinajstić information content (AvgIpc) is 3.00. The van der Waals surface area contributed by atoms with Gasteiger partial charge in [0.2, 0.25) is 0 Å². The number of methoxy groups -OCH3 is 1. The number of phenols is 1. The summed E-state index contributed by atoms with van der Waals surface area (Å²) in [6.07, 6.45) is 0. The number of azo groups is 1. The summed E-state index contributed by atoms with van der Waals surface area (Å²) in [5.74, 6) is -0.816. The predicted molar refractivity (Wildman–Crippen MR) is 101 cm³/mol. The molecule has 3 rings (SSSR count). The Morgan fingerprint density at radius 3 is 2.52 bits per heavy atom. The van der Waals surface area contributed by atoms with Crippen LogP contribution in [0.25, 0.3) is 5.69 Å². The lowest BCUT2D eigenvalue weighted by Gasteiger charge is -2.03. The largest absolute Gasteiger partial charge is 0.506 e. The first kappa shape index (κ1) is 19.5. The van der Waals surface area contributed by atoms with Gasteiger partial charge in [-0.2, -0.15) is 0 Å². The minimum atomic E-state index is -0.634. The Morgan fingerprint density at radius 2 is 1.90 bits per heavy atom. The third-order valence-corrected chi connectivity index (χ3v) is 4.01. The zero-order chi connectivity index (χ0) is 21.1. The van der Waals surface area contributed by atoms with Crippen molar-refractivity contribution in [3.8, 4) is 11.4 Å². The quantitative estimate of drug-likeness (QED) is 0.292. The number of rotatable bonds is 5. The first-order valence-electron chi connectivity index (χ1n) is 8.21. The number of nitrogens with one attached hydrogen (secondary N) is 1. The van der Waals surface area contributed by atoms with Gasteiger partial charge in [0.1, 0.15) is 11.4 Å². The molecule has 0 fully saturated rings. The van der Waals surface area contributed by atoms with Crippen LogP contribution in [0.2, 0.25) is 0 Å². The monoisotopic (exact) mass is 397 g/mol. The highest BCUT2D eigenvalue weighted by Crippen LogP contribution is 2.31. The molecule has 0 bridgehead atoms. The van der Waals surface area contributed by atoms with Crippen molar-refractivity contribution in [3.05, 3.63) is 74.2 Å². The molecule has 0 atom stereocenters. The molecule has 2 N–H and O–H groups in total. The zero-order valence-corrected chi connectivity index (χ0v) is 15.3. The fraction of sp³-hybridized carbons (Fsp3) is 0.111. The number of non-ortho nitro benzene ring substituents is 1. The smallest absolute Gasteiger partial charge is 0.337 e. The third-order valence-electron chi connectivity index (χ3n) is 4.01. The molecule has 1 heterocycles. The van der Waals surface area contributed by atoms with Gasteiger partial charge in [-0.15, -0.1) is 10.2 Å². The van der Waals surface area contributed by atoms with E-state index in [2.05, 4.69) is 20.1 Å². The third kappa shape index (κ3) is 3.88. The Bertz CT molecular complexity index is 1180. The van der Waals surface area contributed by atoms with E-state index in [-0.39, 0.29) is 22.8 Å². The Labute approximate surface area is 163 Å². The molecule has 148 valence electrons. The highest BCUT2D eigenvalue weighted by Gasteiger charge is 2.14. The summed E-state index contributed by atoms with van der Waals surface area (Å²) in [5.41, 5.74) is 0.188. The van der Waals surface area contributed by atoms with Crippen molar-refractivity contribution in [1.29, 1.82) is 0 Å². The van der Waals surface area contributed by atoms with Crippen LogP contribution >= 0.6 is 0 Å². The molecule has 11 heteroatoms. The number of aryl methyl sites for hydroxylation is 1. The van der Waals surface area contributed by atoms with Gasteiger partial charge in [-0.25, -0.2) is 9.48 Å². The molecule has 0 spiro atoms. The lowest BCUT2D eigenvalue weighted by Crippen LogP contribution is -2.14. The van der Waals surface area contributed by atoms with Crippen LogP contribution < -0.4 is 5.56 Å². The van der Waals surface area contributed by atoms with Crippen LogP contribution in [0.15, 0.2) is 57.5 Å². The number of H-pyrrole nitrogens is 1. The first-order valence-corrected chi connectivity index (χ1v) is 8.21. The van der Waals surface area contributed by atoms with Crippen molar-refractivity contribution < 1.29 is 19.6 Å². The van der Waals surface area contributed by atoms with Crippen molar-refractivity contribution in [2.24, 2.45) is 10.2 Å². The average molecular weight is 397 g/mol. The number of phenolic OH excluding ortho intramolecular Hbond substituents is 1. The van der Waals surface area contributed by atoms with E-state index < -0.39 is 16.5 Å². The normalized spacial score (nSPS) is 11.0. The number of aromatic nitrogens is 2. The van der Waals surface area contributed by atoms with Crippen molar-refractivity contribution in [3.63, 3.8) is 0 Å². The second kappa shape index (κ2) is 7.76. The molecule has 1 aromatic heterocycles. The molecule has 3 aromatic rings. The molecule has 0 aliphatic heterocycles. The van der Waals surface area contributed by atoms with Gasteiger partial charge in [0, 0.05) is 12.1 Å². The maximum Gasteiger partial charge on any atom is 0.337 e. The van der Waals surface area contributed by atoms with E-state index in [9.17, 15) is 24.8 Å². The van der Waals surface area contributed by atoms with Gasteiger partial charge < -0.3 is 9.84 Å². The first-order chi connectivity index (χ1) is 13.8. The fourth-order valence-electron chi connectivity index (χ4n) is 2.51. The number of nitrogens with zero attached hydrogens (tertiary/aromatic N) is 4. The topological polar surface area (TPSA) is 152 Å².